The summed E-state index contributed by atoms with van der Waals surface area (Å²) in [7, 11) is 6.86. The molecule has 12 nitrogen and oxygen atoms in total. The fourth-order valence-electron chi connectivity index (χ4n) is 8.23. The summed E-state index contributed by atoms with van der Waals surface area (Å²) >= 11 is 0. The minimum absolute atomic E-state index is 0.00169. The van der Waals surface area contributed by atoms with Crippen LogP contribution in [0.2, 0.25) is 0 Å². The Morgan fingerprint density at radius 1 is 0.981 bits per heavy atom. The summed E-state index contributed by atoms with van der Waals surface area (Å²) in [6.45, 7) is 23.2. The topological polar surface area (TPSA) is 153 Å². The Hall–Kier alpha value is -1.48. The van der Waals surface area contributed by atoms with Crippen LogP contribution in [0.25, 0.3) is 0 Å². The molecule has 0 saturated carbocycles. The summed E-state index contributed by atoms with van der Waals surface area (Å²) in [4.78, 5) is 27.9. The number of esters is 1. The minimum atomic E-state index is -1.54. The van der Waals surface area contributed by atoms with Gasteiger partial charge in [0.05, 0.1) is 42.0 Å². The molecule has 0 aromatic rings. The smallest absolute Gasteiger partial charge is 0.311 e. The molecule has 2 aliphatic heterocycles. The molecule has 3 N–H and O–H groups in total. The molecule has 15 atom stereocenters. The summed E-state index contributed by atoms with van der Waals surface area (Å²) in [6, 6.07) is 0.376. The molecule has 54 heavy (non-hydrogen) atoms. The fourth-order valence-corrected chi connectivity index (χ4v) is 8.23. The molecule has 0 radical (unpaired) electrons. The number of aliphatic hydroxyl groups is 3. The van der Waals surface area contributed by atoms with Crippen LogP contribution < -0.4 is 0 Å². The number of carbonyl (C=O) groups is 2. The van der Waals surface area contributed by atoms with Crippen LogP contribution in [0.3, 0.4) is 0 Å². The van der Waals surface area contributed by atoms with E-state index >= 15 is 0 Å². The highest BCUT2D eigenvalue weighted by Crippen LogP contribution is 2.37. The number of nitrogens with zero attached hydrogens (tertiary/aromatic N) is 1. The molecule has 0 aromatic heterocycles. The van der Waals surface area contributed by atoms with Gasteiger partial charge in [-0.3, -0.25) is 4.79 Å². The van der Waals surface area contributed by atoms with Crippen molar-refractivity contribution in [3.63, 3.8) is 0 Å². The van der Waals surface area contributed by atoms with Gasteiger partial charge in [-0.05, 0) is 99.6 Å². The number of hydrogen-bond donors (Lipinski definition) is 3. The third kappa shape index (κ3) is 14.2. The van der Waals surface area contributed by atoms with Gasteiger partial charge in [0.15, 0.2) is 12.6 Å². The number of carbonyl (C=O) groups excluding carboxylic acids is 2. The van der Waals surface area contributed by atoms with Gasteiger partial charge in [0, 0.05) is 45.4 Å². The summed E-state index contributed by atoms with van der Waals surface area (Å²) in [5.41, 5.74) is -1.34. The third-order valence-electron chi connectivity index (χ3n) is 11.8. The molecule has 0 aromatic carbocycles. The van der Waals surface area contributed by atoms with Crippen molar-refractivity contribution in [2.75, 3.05) is 28.3 Å². The van der Waals surface area contributed by atoms with Gasteiger partial charge in [-0.2, -0.15) is 0 Å². The molecule has 2 fully saturated rings. The summed E-state index contributed by atoms with van der Waals surface area (Å²) in [6.07, 6.45) is 2.79. The first-order chi connectivity index (χ1) is 25.1. The number of ether oxygens (including phenoxy) is 6. The van der Waals surface area contributed by atoms with E-state index in [2.05, 4.69) is 38.9 Å². The van der Waals surface area contributed by atoms with E-state index in [1.807, 2.05) is 55.4 Å². The zero-order chi connectivity index (χ0) is 41.7. The Labute approximate surface area is 327 Å². The monoisotopic (exact) mass is 774 g/mol. The van der Waals surface area contributed by atoms with Crippen LogP contribution >= 0.6 is 0 Å². The number of hydrogen-bond acceptors (Lipinski definition) is 12. The second kappa shape index (κ2) is 23.1. The van der Waals surface area contributed by atoms with E-state index in [0.717, 1.165) is 31.8 Å². The number of allylic oxidation sites excluding steroid dienone is 1. The molecule has 12 heteroatoms. The first kappa shape index (κ1) is 50.5. The maximum Gasteiger partial charge on any atom is 0.311 e. The third-order valence-corrected chi connectivity index (χ3v) is 11.8. The highest BCUT2D eigenvalue weighted by atomic mass is 16.7. The van der Waals surface area contributed by atoms with Crippen molar-refractivity contribution < 1.29 is 53.3 Å². The molecule has 2 rings (SSSR count). The van der Waals surface area contributed by atoms with Crippen LogP contribution in [0, 0.1) is 29.6 Å². The largest absolute Gasteiger partial charge is 0.459 e. The average Bonchev–Trinajstić information content (AvgIpc) is 3.10. The Kier molecular flexibility index (Phi) is 21.6. The molecule has 2 saturated heterocycles. The lowest BCUT2D eigenvalue weighted by atomic mass is 9.75. The highest BCUT2D eigenvalue weighted by molar-refractivity contribution is 5.73. The van der Waals surface area contributed by atoms with Gasteiger partial charge in [0.2, 0.25) is 0 Å². The van der Waals surface area contributed by atoms with Crippen molar-refractivity contribution in [3.8, 4) is 0 Å². The number of aliphatic hydroxyl groups excluding tert-OH is 2. The van der Waals surface area contributed by atoms with Gasteiger partial charge in [0.25, 0.3) is 0 Å². The van der Waals surface area contributed by atoms with Crippen molar-refractivity contribution in [1.82, 2.24) is 4.90 Å². The van der Waals surface area contributed by atoms with Crippen LogP contribution in [0.15, 0.2) is 11.6 Å². The minimum Gasteiger partial charge on any atom is -0.459 e. The van der Waals surface area contributed by atoms with Crippen molar-refractivity contribution in [3.05, 3.63) is 11.6 Å². The zero-order valence-corrected chi connectivity index (χ0v) is 36.5. The Morgan fingerprint density at radius 2 is 1.57 bits per heavy atom. The number of aldehydes is 1. The predicted octanol–water partition coefficient (Wildman–Crippen LogP) is 5.92. The van der Waals surface area contributed by atoms with Crippen LogP contribution in [-0.4, -0.2) is 127 Å². The van der Waals surface area contributed by atoms with Gasteiger partial charge < -0.3 is 53.4 Å². The Morgan fingerprint density at radius 3 is 2.07 bits per heavy atom. The lowest BCUT2D eigenvalue weighted by Gasteiger charge is -2.42. The van der Waals surface area contributed by atoms with Gasteiger partial charge in [-0.15, -0.1) is 0 Å². The summed E-state index contributed by atoms with van der Waals surface area (Å²) in [5.74, 6) is -1.77. The summed E-state index contributed by atoms with van der Waals surface area (Å²) in [5, 5.41) is 29.4. The SMILES string of the molecule is CC[C@@H](OC(=O)C(C)[C@@H](O[C@H]1CC(C)[C@@H](O)C(C)O1)C(C)C)[C@@](C)(O)C(CC=O)/C(C)=C\[C@H](C)C[C@@](C)(OC)[C@@H](C)OC1CC(N(C)C)CC(C)O1.CO. The van der Waals surface area contributed by atoms with E-state index in [0.29, 0.717) is 25.3 Å². The molecule has 0 bridgehead atoms. The van der Waals surface area contributed by atoms with E-state index in [1.54, 1.807) is 21.0 Å². The first-order valence-corrected chi connectivity index (χ1v) is 20.1. The van der Waals surface area contributed by atoms with Gasteiger partial charge in [-0.25, -0.2) is 0 Å². The molecule has 0 spiro atoms. The number of methoxy groups -OCH3 is 1. The van der Waals surface area contributed by atoms with Crippen LogP contribution in [-0.2, 0) is 38.0 Å². The van der Waals surface area contributed by atoms with E-state index in [1.165, 1.54) is 0 Å². The average molecular weight is 774 g/mol. The molecular formula is C42H79NO11. The standard InChI is InChI=1S/C41H75NO10.CH4O/c1-16-34(51-39(45)29(8)38(24(2)3)52-35-20-27(6)37(44)30(9)49-35)41(12,46)33(17-18-43)26(5)19-25(4)23-40(11,47-15)31(10)50-36-22-32(42(13)14)21-28(7)48-36;1-2/h18-19,24-25,27-38,44,46H,16-17,20-23H2,1-15H3;2H,1H3/b26-19-;/t25-,27?,28?,29?,30?,31+,32?,33?,34+,35-,36?,37+,38-,40+,41-;/m0./s1. The molecule has 318 valence electrons. The zero-order valence-electron chi connectivity index (χ0n) is 36.5. The molecule has 0 aliphatic carbocycles. The second-order valence-electron chi connectivity index (χ2n) is 17.0. The normalized spacial score (nSPS) is 30.8. The van der Waals surface area contributed by atoms with Gasteiger partial charge in [-0.1, -0.05) is 46.3 Å². The second-order valence-corrected chi connectivity index (χ2v) is 17.0. The maximum absolute atomic E-state index is 13.7. The van der Waals surface area contributed by atoms with Crippen molar-refractivity contribution in [1.29, 1.82) is 0 Å². The van der Waals surface area contributed by atoms with Crippen LogP contribution in [0.5, 0.6) is 0 Å². The van der Waals surface area contributed by atoms with Gasteiger partial charge >= 0.3 is 5.97 Å². The fraction of sp³-hybridized carbons (Fsp3) is 0.905. The number of rotatable bonds is 20. The van der Waals surface area contributed by atoms with Crippen LogP contribution in [0.4, 0.5) is 0 Å². The van der Waals surface area contributed by atoms with Crippen molar-refractivity contribution in [2.45, 2.75) is 188 Å². The molecule has 0 amide bonds. The molecule has 7 unspecified atom stereocenters. The predicted molar refractivity (Wildman–Crippen MR) is 211 cm³/mol. The Balaban J connectivity index is 0.00000716. The Bertz CT molecular complexity index is 1120. The molecular weight excluding hydrogens is 694 g/mol. The van der Waals surface area contributed by atoms with Crippen molar-refractivity contribution >= 4 is 12.3 Å². The lowest BCUT2D eigenvalue weighted by molar-refractivity contribution is -0.259. The molecule has 2 heterocycles. The van der Waals surface area contributed by atoms with E-state index < -0.39 is 53.6 Å². The van der Waals surface area contributed by atoms with E-state index in [4.69, 9.17) is 33.5 Å². The van der Waals surface area contributed by atoms with E-state index in [-0.39, 0.29) is 48.8 Å². The summed E-state index contributed by atoms with van der Waals surface area (Å²) < 4.78 is 37.1. The molecule has 2 aliphatic rings. The quantitative estimate of drug-likeness (QED) is 0.0765. The van der Waals surface area contributed by atoms with Gasteiger partial charge in [0.1, 0.15) is 18.0 Å². The van der Waals surface area contributed by atoms with Crippen molar-refractivity contribution in [2.24, 2.45) is 29.6 Å². The first-order valence-electron chi connectivity index (χ1n) is 20.1. The lowest BCUT2D eigenvalue weighted by Crippen LogP contribution is -2.50. The maximum atomic E-state index is 13.7. The van der Waals surface area contributed by atoms with E-state index in [9.17, 15) is 19.8 Å². The van der Waals surface area contributed by atoms with Crippen LogP contribution in [0.1, 0.15) is 122 Å². The highest BCUT2D eigenvalue weighted by Gasteiger charge is 2.45.